The van der Waals surface area contributed by atoms with Gasteiger partial charge in [-0.25, -0.2) is 8.78 Å². The van der Waals surface area contributed by atoms with Crippen molar-refractivity contribution in [1.29, 1.82) is 0 Å². The van der Waals surface area contributed by atoms with Crippen LogP contribution in [0, 0.1) is 29.4 Å². The Labute approximate surface area is 195 Å². The fourth-order valence-corrected chi connectivity index (χ4v) is 5.13. The predicted octanol–water partition coefficient (Wildman–Crippen LogP) is 7.20. The fourth-order valence-electron chi connectivity index (χ4n) is 5.13. The van der Waals surface area contributed by atoms with Gasteiger partial charge in [0.15, 0.2) is 23.1 Å². The standard InChI is InChI=1S/C28H34F2O3/c1-3-24-12-9-23(18-32-24)20-7-5-19(6-8-20)17-33-28-14-11-22(16-26(28)30)21-10-13-27(31-4-2)25(29)15-21/h3,10-11,13-16,19-20,23-24H,1,4-9,12,17-18H2,2H3. The van der Waals surface area contributed by atoms with Crippen LogP contribution in [-0.2, 0) is 4.74 Å². The second-order valence-corrected chi connectivity index (χ2v) is 9.26. The summed E-state index contributed by atoms with van der Waals surface area (Å²) in [7, 11) is 0. The second kappa shape index (κ2) is 11.1. The zero-order chi connectivity index (χ0) is 23.2. The van der Waals surface area contributed by atoms with Gasteiger partial charge in [0.25, 0.3) is 0 Å². The summed E-state index contributed by atoms with van der Waals surface area (Å²) in [5.74, 6) is 1.40. The molecule has 1 saturated heterocycles. The van der Waals surface area contributed by atoms with Gasteiger partial charge in [-0.2, -0.15) is 0 Å². The molecule has 0 aromatic heterocycles. The van der Waals surface area contributed by atoms with Crippen LogP contribution in [0.5, 0.6) is 11.5 Å². The second-order valence-electron chi connectivity index (χ2n) is 9.26. The highest BCUT2D eigenvalue weighted by Gasteiger charge is 2.31. The molecule has 33 heavy (non-hydrogen) atoms. The van der Waals surface area contributed by atoms with Crippen molar-refractivity contribution in [2.45, 2.75) is 51.6 Å². The average molecular weight is 457 g/mol. The number of benzene rings is 2. The van der Waals surface area contributed by atoms with Gasteiger partial charge in [0.2, 0.25) is 0 Å². The zero-order valence-electron chi connectivity index (χ0n) is 19.4. The van der Waals surface area contributed by atoms with Crippen molar-refractivity contribution in [3.63, 3.8) is 0 Å². The van der Waals surface area contributed by atoms with E-state index >= 15 is 0 Å². The normalized spacial score (nSPS) is 25.4. The maximum absolute atomic E-state index is 14.7. The summed E-state index contributed by atoms with van der Waals surface area (Å²) in [6.07, 6.45) is 9.02. The summed E-state index contributed by atoms with van der Waals surface area (Å²) in [6.45, 7) is 7.40. The minimum atomic E-state index is -0.453. The van der Waals surface area contributed by atoms with E-state index in [1.54, 1.807) is 31.2 Å². The van der Waals surface area contributed by atoms with Crippen molar-refractivity contribution < 1.29 is 23.0 Å². The van der Waals surface area contributed by atoms with Crippen molar-refractivity contribution in [3.05, 3.63) is 60.7 Å². The molecule has 4 rings (SSSR count). The lowest BCUT2D eigenvalue weighted by molar-refractivity contribution is -0.0176. The Morgan fingerprint density at radius 2 is 1.48 bits per heavy atom. The maximum Gasteiger partial charge on any atom is 0.165 e. The molecule has 0 N–H and O–H groups in total. The van der Waals surface area contributed by atoms with Crippen LogP contribution >= 0.6 is 0 Å². The summed E-state index contributed by atoms with van der Waals surface area (Å²) >= 11 is 0. The first-order valence-corrected chi connectivity index (χ1v) is 12.2. The number of ether oxygens (including phenoxy) is 3. The van der Waals surface area contributed by atoms with Crippen molar-refractivity contribution >= 4 is 0 Å². The molecule has 2 aliphatic rings. The Balaban J connectivity index is 1.27. The fraction of sp³-hybridized carbons (Fsp3) is 0.500. The summed E-state index contributed by atoms with van der Waals surface area (Å²) < 4.78 is 45.8. The van der Waals surface area contributed by atoms with Gasteiger partial charge >= 0.3 is 0 Å². The van der Waals surface area contributed by atoms with E-state index in [0.29, 0.717) is 36.2 Å². The molecular formula is C28H34F2O3. The molecule has 2 atom stereocenters. The van der Waals surface area contributed by atoms with Crippen molar-refractivity contribution in [2.24, 2.45) is 17.8 Å². The first-order valence-electron chi connectivity index (χ1n) is 12.2. The SMILES string of the molecule is C=CC1CCC(C2CCC(COc3ccc(-c4ccc(OCC)c(F)c4)cc3F)CC2)CO1. The summed E-state index contributed by atoms with van der Waals surface area (Å²) in [6, 6.07) is 9.49. The van der Waals surface area contributed by atoms with Crippen LogP contribution in [-0.4, -0.2) is 25.9 Å². The molecule has 2 unspecified atom stereocenters. The molecule has 0 amide bonds. The van der Waals surface area contributed by atoms with Crippen molar-refractivity contribution in [1.82, 2.24) is 0 Å². The third kappa shape index (κ3) is 5.94. The van der Waals surface area contributed by atoms with E-state index in [1.165, 1.54) is 31.4 Å². The van der Waals surface area contributed by atoms with Crippen LogP contribution < -0.4 is 9.47 Å². The van der Waals surface area contributed by atoms with Gasteiger partial charge in [0, 0.05) is 0 Å². The average Bonchev–Trinajstić information content (AvgIpc) is 2.85. The Bertz CT molecular complexity index is 929. The van der Waals surface area contributed by atoms with Gasteiger partial charge in [0.1, 0.15) is 0 Å². The molecule has 2 fully saturated rings. The van der Waals surface area contributed by atoms with E-state index < -0.39 is 11.6 Å². The number of hydrogen-bond acceptors (Lipinski definition) is 3. The molecule has 2 aromatic carbocycles. The smallest absolute Gasteiger partial charge is 0.165 e. The van der Waals surface area contributed by atoms with E-state index in [4.69, 9.17) is 14.2 Å². The van der Waals surface area contributed by atoms with E-state index in [2.05, 4.69) is 6.58 Å². The zero-order valence-corrected chi connectivity index (χ0v) is 19.4. The molecule has 1 aliphatic heterocycles. The Morgan fingerprint density at radius 1 is 0.879 bits per heavy atom. The van der Waals surface area contributed by atoms with Crippen molar-refractivity contribution in [2.75, 3.05) is 19.8 Å². The third-order valence-corrected chi connectivity index (χ3v) is 7.14. The molecule has 5 heteroatoms. The lowest BCUT2D eigenvalue weighted by Gasteiger charge is -2.37. The minimum Gasteiger partial charge on any atom is -0.491 e. The summed E-state index contributed by atoms with van der Waals surface area (Å²) in [5.41, 5.74) is 1.21. The van der Waals surface area contributed by atoms with Crippen LogP contribution in [0.2, 0.25) is 0 Å². The Hall–Kier alpha value is -2.40. The van der Waals surface area contributed by atoms with Gasteiger partial charge in [-0.1, -0.05) is 18.2 Å². The quantitative estimate of drug-likeness (QED) is 0.393. The molecule has 3 nitrogen and oxygen atoms in total. The number of rotatable bonds is 8. The molecular weight excluding hydrogens is 422 g/mol. The molecule has 0 spiro atoms. The maximum atomic E-state index is 14.7. The first kappa shape index (κ1) is 23.7. The lowest BCUT2D eigenvalue weighted by Crippen LogP contribution is -2.32. The van der Waals surface area contributed by atoms with E-state index in [-0.39, 0.29) is 17.6 Å². The number of halogens is 2. The van der Waals surface area contributed by atoms with Gasteiger partial charge in [-0.15, -0.1) is 6.58 Å². The Kier molecular flexibility index (Phi) is 8.02. The van der Waals surface area contributed by atoms with E-state index in [1.807, 2.05) is 6.08 Å². The van der Waals surface area contributed by atoms with Crippen LogP contribution in [0.4, 0.5) is 8.78 Å². The molecule has 2 aromatic rings. The first-order chi connectivity index (χ1) is 16.1. The van der Waals surface area contributed by atoms with Gasteiger partial charge < -0.3 is 14.2 Å². The molecule has 1 heterocycles. The van der Waals surface area contributed by atoms with Crippen molar-refractivity contribution in [3.8, 4) is 22.6 Å². The topological polar surface area (TPSA) is 27.7 Å². The van der Waals surface area contributed by atoms with Crippen LogP contribution in [0.3, 0.4) is 0 Å². The largest absolute Gasteiger partial charge is 0.491 e. The third-order valence-electron chi connectivity index (χ3n) is 7.14. The van der Waals surface area contributed by atoms with Crippen LogP contribution in [0.15, 0.2) is 49.1 Å². The van der Waals surface area contributed by atoms with Gasteiger partial charge in [-0.05, 0) is 98.6 Å². The minimum absolute atomic E-state index is 0.202. The molecule has 1 aliphatic carbocycles. The Morgan fingerprint density at radius 3 is 2.00 bits per heavy atom. The molecule has 0 bridgehead atoms. The summed E-state index contributed by atoms with van der Waals surface area (Å²) in [5, 5.41) is 0. The highest BCUT2D eigenvalue weighted by atomic mass is 19.1. The predicted molar refractivity (Wildman–Crippen MR) is 127 cm³/mol. The summed E-state index contributed by atoms with van der Waals surface area (Å²) in [4.78, 5) is 0. The van der Waals surface area contributed by atoms with Crippen LogP contribution in [0.25, 0.3) is 11.1 Å². The lowest BCUT2D eigenvalue weighted by atomic mass is 9.74. The molecule has 1 saturated carbocycles. The van der Waals surface area contributed by atoms with E-state index in [9.17, 15) is 8.78 Å². The number of hydrogen-bond donors (Lipinski definition) is 0. The molecule has 178 valence electrons. The monoisotopic (exact) mass is 456 g/mol. The molecule has 0 radical (unpaired) electrons. The van der Waals surface area contributed by atoms with Gasteiger partial charge in [0.05, 0.1) is 25.9 Å². The van der Waals surface area contributed by atoms with Gasteiger partial charge in [-0.3, -0.25) is 0 Å². The highest BCUT2D eigenvalue weighted by Crippen LogP contribution is 2.38. The highest BCUT2D eigenvalue weighted by molar-refractivity contribution is 5.65. The van der Waals surface area contributed by atoms with Crippen LogP contribution in [0.1, 0.15) is 45.4 Å². The van der Waals surface area contributed by atoms with E-state index in [0.717, 1.165) is 31.8 Å².